The van der Waals surface area contributed by atoms with Crippen LogP contribution in [-0.4, -0.2) is 44.4 Å². The number of rotatable bonds is 7. The number of methoxy groups -OCH3 is 3. The standard InChI is InChI=1S/C22H25NO6/c1-26-18-12-8-7-11-16(18)21-17(13-19(24)27-2)20(22(25)28-3)23(29-21)14-15-9-5-4-6-10-15/h4-12,17,20-21H,13-14H2,1-3H3/t17-,20+,21-/m1/s1. The molecule has 0 aromatic heterocycles. The lowest BCUT2D eigenvalue weighted by Crippen LogP contribution is -2.40. The molecule has 154 valence electrons. The normalized spacial score (nSPS) is 21.6. The van der Waals surface area contributed by atoms with Crippen LogP contribution in [0.25, 0.3) is 0 Å². The van der Waals surface area contributed by atoms with E-state index in [2.05, 4.69) is 0 Å². The molecule has 0 spiro atoms. The Balaban J connectivity index is 2.01. The van der Waals surface area contributed by atoms with Gasteiger partial charge in [-0.25, -0.2) is 0 Å². The van der Waals surface area contributed by atoms with E-state index in [0.717, 1.165) is 11.1 Å². The van der Waals surface area contributed by atoms with Crippen LogP contribution < -0.4 is 4.74 Å². The maximum absolute atomic E-state index is 12.7. The van der Waals surface area contributed by atoms with Crippen LogP contribution in [0.15, 0.2) is 54.6 Å². The summed E-state index contributed by atoms with van der Waals surface area (Å²) in [7, 11) is 4.22. The van der Waals surface area contributed by atoms with Crippen LogP contribution in [0, 0.1) is 5.92 Å². The van der Waals surface area contributed by atoms with Crippen molar-refractivity contribution in [1.82, 2.24) is 5.06 Å². The quantitative estimate of drug-likeness (QED) is 0.663. The van der Waals surface area contributed by atoms with Gasteiger partial charge in [-0.15, -0.1) is 0 Å². The van der Waals surface area contributed by atoms with Crippen molar-refractivity contribution >= 4 is 11.9 Å². The molecule has 7 heteroatoms. The molecule has 2 aromatic rings. The van der Waals surface area contributed by atoms with Gasteiger partial charge in [0.25, 0.3) is 0 Å². The number of nitrogens with zero attached hydrogens (tertiary/aromatic N) is 1. The minimum absolute atomic E-state index is 0.00424. The fourth-order valence-corrected chi connectivity index (χ4v) is 3.66. The van der Waals surface area contributed by atoms with Gasteiger partial charge in [0, 0.05) is 11.5 Å². The first-order chi connectivity index (χ1) is 14.1. The van der Waals surface area contributed by atoms with Crippen LogP contribution in [0.3, 0.4) is 0 Å². The molecular formula is C22H25NO6. The summed E-state index contributed by atoms with van der Waals surface area (Å²) >= 11 is 0. The average Bonchev–Trinajstić information content (AvgIpc) is 3.10. The van der Waals surface area contributed by atoms with Crippen molar-refractivity contribution < 1.29 is 28.6 Å². The van der Waals surface area contributed by atoms with Crippen LogP contribution in [-0.2, 0) is 30.4 Å². The van der Waals surface area contributed by atoms with Crippen LogP contribution >= 0.6 is 0 Å². The van der Waals surface area contributed by atoms with Gasteiger partial charge >= 0.3 is 11.9 Å². The predicted molar refractivity (Wildman–Crippen MR) is 105 cm³/mol. The summed E-state index contributed by atoms with van der Waals surface area (Å²) < 4.78 is 15.4. The third kappa shape index (κ3) is 4.58. The van der Waals surface area contributed by atoms with Gasteiger partial charge in [0.15, 0.2) is 0 Å². The third-order valence-corrected chi connectivity index (χ3v) is 5.05. The summed E-state index contributed by atoms with van der Waals surface area (Å²) in [4.78, 5) is 31.1. The van der Waals surface area contributed by atoms with Gasteiger partial charge in [0.05, 0.1) is 34.3 Å². The molecular weight excluding hydrogens is 374 g/mol. The van der Waals surface area contributed by atoms with Crippen molar-refractivity contribution in [3.63, 3.8) is 0 Å². The molecule has 29 heavy (non-hydrogen) atoms. The van der Waals surface area contributed by atoms with E-state index in [0.29, 0.717) is 12.3 Å². The molecule has 0 radical (unpaired) electrons. The lowest BCUT2D eigenvalue weighted by molar-refractivity contribution is -0.186. The lowest BCUT2D eigenvalue weighted by atomic mass is 9.87. The van der Waals surface area contributed by atoms with E-state index in [-0.39, 0.29) is 6.42 Å². The molecule has 0 amide bonds. The second-order valence-corrected chi connectivity index (χ2v) is 6.74. The molecule has 1 fully saturated rings. The fraction of sp³-hybridized carbons (Fsp3) is 0.364. The van der Waals surface area contributed by atoms with E-state index in [1.165, 1.54) is 14.2 Å². The van der Waals surface area contributed by atoms with Gasteiger partial charge < -0.3 is 14.2 Å². The summed E-state index contributed by atoms with van der Waals surface area (Å²) in [5.74, 6) is -0.770. The Morgan fingerprint density at radius 1 is 0.966 bits per heavy atom. The first-order valence-electron chi connectivity index (χ1n) is 9.34. The van der Waals surface area contributed by atoms with Crippen molar-refractivity contribution in [3.05, 3.63) is 65.7 Å². The van der Waals surface area contributed by atoms with Gasteiger partial charge in [-0.2, -0.15) is 5.06 Å². The maximum Gasteiger partial charge on any atom is 0.325 e. The zero-order valence-corrected chi connectivity index (χ0v) is 16.7. The van der Waals surface area contributed by atoms with Crippen LogP contribution in [0.1, 0.15) is 23.7 Å². The third-order valence-electron chi connectivity index (χ3n) is 5.05. The highest BCUT2D eigenvalue weighted by molar-refractivity contribution is 5.78. The van der Waals surface area contributed by atoms with Crippen LogP contribution in [0.5, 0.6) is 5.75 Å². The van der Waals surface area contributed by atoms with Crippen molar-refractivity contribution in [2.75, 3.05) is 21.3 Å². The lowest BCUT2D eigenvalue weighted by Gasteiger charge is -2.23. The molecule has 0 bridgehead atoms. The van der Waals surface area contributed by atoms with Crippen molar-refractivity contribution in [3.8, 4) is 5.75 Å². The van der Waals surface area contributed by atoms with E-state index in [1.54, 1.807) is 12.2 Å². The first-order valence-corrected chi connectivity index (χ1v) is 9.34. The number of carbonyl (C=O) groups excluding carboxylic acids is 2. The van der Waals surface area contributed by atoms with Crippen molar-refractivity contribution in [1.29, 1.82) is 0 Å². The number of para-hydroxylation sites is 1. The number of ether oxygens (including phenoxy) is 3. The zero-order valence-electron chi connectivity index (χ0n) is 16.7. The minimum atomic E-state index is -0.769. The summed E-state index contributed by atoms with van der Waals surface area (Å²) in [5, 5.41) is 1.59. The minimum Gasteiger partial charge on any atom is -0.496 e. The van der Waals surface area contributed by atoms with Crippen molar-refractivity contribution in [2.45, 2.75) is 25.1 Å². The number of hydroxylamine groups is 2. The average molecular weight is 399 g/mol. The van der Waals surface area contributed by atoms with Gasteiger partial charge in [-0.1, -0.05) is 48.5 Å². The number of esters is 2. The predicted octanol–water partition coefficient (Wildman–Crippen LogP) is 2.90. The van der Waals surface area contributed by atoms with E-state index in [1.807, 2.05) is 54.6 Å². The summed E-state index contributed by atoms with van der Waals surface area (Å²) in [6.07, 6.45) is -0.567. The molecule has 1 aliphatic heterocycles. The fourth-order valence-electron chi connectivity index (χ4n) is 3.66. The first kappa shape index (κ1) is 20.8. The van der Waals surface area contributed by atoms with Gasteiger partial charge in [-0.3, -0.25) is 14.4 Å². The summed E-state index contributed by atoms with van der Waals surface area (Å²) in [5.41, 5.74) is 1.73. The van der Waals surface area contributed by atoms with E-state index in [9.17, 15) is 9.59 Å². The monoisotopic (exact) mass is 399 g/mol. The number of hydrogen-bond acceptors (Lipinski definition) is 7. The second-order valence-electron chi connectivity index (χ2n) is 6.74. The molecule has 0 aliphatic carbocycles. The van der Waals surface area contributed by atoms with E-state index < -0.39 is 30.0 Å². The summed E-state index contributed by atoms with van der Waals surface area (Å²) in [6, 6.07) is 16.3. The molecule has 0 unspecified atom stereocenters. The molecule has 1 saturated heterocycles. The molecule has 0 N–H and O–H groups in total. The molecule has 0 saturated carbocycles. The number of hydrogen-bond donors (Lipinski definition) is 0. The van der Waals surface area contributed by atoms with Gasteiger partial charge in [-0.05, 0) is 11.6 Å². The largest absolute Gasteiger partial charge is 0.496 e. The highest BCUT2D eigenvalue weighted by atomic mass is 16.7. The molecule has 3 rings (SSSR count). The van der Waals surface area contributed by atoms with E-state index in [4.69, 9.17) is 19.0 Å². The molecule has 7 nitrogen and oxygen atoms in total. The second kappa shape index (κ2) is 9.54. The van der Waals surface area contributed by atoms with Crippen LogP contribution in [0.4, 0.5) is 0 Å². The Hall–Kier alpha value is -2.90. The Morgan fingerprint density at radius 3 is 2.31 bits per heavy atom. The van der Waals surface area contributed by atoms with Gasteiger partial charge in [0.1, 0.15) is 17.9 Å². The SMILES string of the molecule is COC(=O)C[C@H]1[C@@H](c2ccccc2OC)ON(Cc2ccccc2)[C@@H]1C(=O)OC. The van der Waals surface area contributed by atoms with Crippen LogP contribution in [0.2, 0.25) is 0 Å². The maximum atomic E-state index is 12.7. The Kier molecular flexibility index (Phi) is 6.85. The van der Waals surface area contributed by atoms with Crippen molar-refractivity contribution in [2.24, 2.45) is 5.92 Å². The Morgan fingerprint density at radius 2 is 1.66 bits per heavy atom. The Labute approximate surface area is 170 Å². The molecule has 1 aliphatic rings. The Bertz CT molecular complexity index is 840. The zero-order chi connectivity index (χ0) is 20.8. The highest BCUT2D eigenvalue weighted by Crippen LogP contribution is 2.44. The summed E-state index contributed by atoms with van der Waals surface area (Å²) in [6.45, 7) is 0.365. The van der Waals surface area contributed by atoms with Gasteiger partial charge in [0.2, 0.25) is 0 Å². The highest BCUT2D eigenvalue weighted by Gasteiger charge is 2.50. The van der Waals surface area contributed by atoms with E-state index >= 15 is 0 Å². The molecule has 2 aromatic carbocycles. The smallest absolute Gasteiger partial charge is 0.325 e. The molecule has 1 heterocycles. The number of benzene rings is 2. The molecule has 3 atom stereocenters. The number of carbonyl (C=O) groups is 2. The topological polar surface area (TPSA) is 74.3 Å².